The third-order valence-corrected chi connectivity index (χ3v) is 9.11. The highest BCUT2D eigenvalue weighted by Crippen LogP contribution is 2.34. The quantitative estimate of drug-likeness (QED) is 0.307. The molecule has 12 heteroatoms. The second kappa shape index (κ2) is 13.1. The summed E-state index contributed by atoms with van der Waals surface area (Å²) in [5, 5.41) is 16.9. The first-order valence-corrected chi connectivity index (χ1v) is 16.7. The molecule has 0 radical (unpaired) electrons. The molecule has 6 rings (SSSR count). The number of nitrogens with one attached hydrogen (secondary N) is 2. The number of likely N-dealkylation sites (tertiary alicyclic amines) is 1. The van der Waals surface area contributed by atoms with Gasteiger partial charge < -0.3 is 35.2 Å². The molecule has 4 amide bonds. The number of anilines is 2. The van der Waals surface area contributed by atoms with E-state index in [9.17, 15) is 24.3 Å². The van der Waals surface area contributed by atoms with Gasteiger partial charge in [-0.25, -0.2) is 9.78 Å². The number of β-amino-alcohol motifs (C(OH)–C–C–N with tert-alkyl or cyclic N) is 1. The van der Waals surface area contributed by atoms with Crippen LogP contribution < -0.4 is 15.5 Å². The predicted molar refractivity (Wildman–Crippen MR) is 185 cm³/mol. The largest absolute Gasteiger partial charge is 0.444 e. The van der Waals surface area contributed by atoms with Crippen molar-refractivity contribution in [3.63, 3.8) is 0 Å². The lowest BCUT2D eigenvalue weighted by atomic mass is 9.94. The molecule has 1 saturated carbocycles. The number of rotatable bonds is 9. The summed E-state index contributed by atoms with van der Waals surface area (Å²) in [5.41, 5.74) is 1.84. The standard InChI is InChI=1S/C37H44N6O6/c1-23-33(45)41(5)30-16-26(27-13-14-38-31(17-27)39-18-24-9-10-24)11-12-29(30)34(46)43(23)19-25-7-6-8-28(15-25)32(44)40-20-37(48)21-42(22-37)35(47)49-36(2,3)4/h6-8,11-17,23-24,48H,9-10,18-22H2,1-5H3,(H,38,39)(H,40,44)/t23-/m1/s1. The van der Waals surface area contributed by atoms with Crippen LogP contribution in [0.5, 0.6) is 0 Å². The van der Waals surface area contributed by atoms with Crippen LogP contribution in [0.2, 0.25) is 0 Å². The van der Waals surface area contributed by atoms with Gasteiger partial charge in [-0.1, -0.05) is 18.2 Å². The molecule has 12 nitrogen and oxygen atoms in total. The zero-order valence-corrected chi connectivity index (χ0v) is 28.7. The Kier molecular flexibility index (Phi) is 9.10. The van der Waals surface area contributed by atoms with Crippen LogP contribution in [-0.4, -0.2) is 94.2 Å². The van der Waals surface area contributed by atoms with Crippen LogP contribution in [0.15, 0.2) is 60.8 Å². The Balaban J connectivity index is 1.13. The Hall–Kier alpha value is -4.97. The number of amides is 4. The number of benzene rings is 2. The predicted octanol–water partition coefficient (Wildman–Crippen LogP) is 4.29. The van der Waals surface area contributed by atoms with Gasteiger partial charge >= 0.3 is 6.09 Å². The second-order valence-corrected chi connectivity index (χ2v) is 14.4. The fourth-order valence-electron chi connectivity index (χ4n) is 6.10. The Morgan fingerprint density at radius 1 is 1.04 bits per heavy atom. The van der Waals surface area contributed by atoms with Gasteiger partial charge in [-0.15, -0.1) is 0 Å². The minimum absolute atomic E-state index is 0.0455. The van der Waals surface area contributed by atoms with Gasteiger partial charge in [-0.3, -0.25) is 14.4 Å². The van der Waals surface area contributed by atoms with Crippen molar-refractivity contribution in [1.82, 2.24) is 20.1 Å². The molecule has 3 heterocycles. The van der Waals surface area contributed by atoms with Gasteiger partial charge in [-0.05, 0) is 99.5 Å². The zero-order valence-electron chi connectivity index (χ0n) is 28.7. The Bertz CT molecular complexity index is 1780. The smallest absolute Gasteiger partial charge is 0.410 e. The van der Waals surface area contributed by atoms with E-state index in [1.807, 2.05) is 24.3 Å². The van der Waals surface area contributed by atoms with Crippen molar-refractivity contribution in [2.45, 2.75) is 64.3 Å². The SMILES string of the molecule is C[C@@H]1C(=O)N(C)c2cc(-c3ccnc(NCC4CC4)c3)ccc2C(=O)N1Cc1cccc(C(=O)NCC2(O)CN(C(=O)OC(C)(C)C)C2)c1. The maximum absolute atomic E-state index is 14.0. The number of carbonyl (C=O) groups excluding carboxylic acids is 4. The topological polar surface area (TPSA) is 144 Å². The van der Waals surface area contributed by atoms with Crippen molar-refractivity contribution in [3.05, 3.63) is 77.5 Å². The van der Waals surface area contributed by atoms with Gasteiger partial charge in [0.2, 0.25) is 5.91 Å². The maximum Gasteiger partial charge on any atom is 0.410 e. The minimum Gasteiger partial charge on any atom is -0.444 e. The van der Waals surface area contributed by atoms with Crippen molar-refractivity contribution < 1.29 is 29.0 Å². The molecule has 2 aromatic carbocycles. The van der Waals surface area contributed by atoms with Gasteiger partial charge in [0, 0.05) is 31.9 Å². The molecule has 3 aromatic rings. The molecule has 3 aliphatic rings. The zero-order chi connectivity index (χ0) is 35.1. The Labute approximate surface area is 286 Å². The highest BCUT2D eigenvalue weighted by molar-refractivity contribution is 6.11. The highest BCUT2D eigenvalue weighted by Gasteiger charge is 2.45. The van der Waals surface area contributed by atoms with Crippen LogP contribution in [0.1, 0.15) is 66.8 Å². The average Bonchev–Trinajstić information content (AvgIpc) is 3.90. The molecule has 1 aromatic heterocycles. The number of ether oxygens (including phenoxy) is 1. The number of carbonyl (C=O) groups is 4. The first-order valence-electron chi connectivity index (χ1n) is 16.7. The lowest BCUT2D eigenvalue weighted by Crippen LogP contribution is -2.68. The number of hydrogen-bond donors (Lipinski definition) is 3. The number of pyridine rings is 1. The van der Waals surface area contributed by atoms with E-state index in [1.54, 1.807) is 71.3 Å². The van der Waals surface area contributed by atoms with Crippen molar-refractivity contribution in [2.75, 3.05) is 43.4 Å². The van der Waals surface area contributed by atoms with Crippen molar-refractivity contribution in [3.8, 4) is 11.1 Å². The van der Waals surface area contributed by atoms with E-state index >= 15 is 0 Å². The van der Waals surface area contributed by atoms with E-state index in [0.29, 0.717) is 28.3 Å². The van der Waals surface area contributed by atoms with E-state index in [2.05, 4.69) is 15.6 Å². The molecule has 1 atom stereocenters. The third kappa shape index (κ3) is 7.69. The van der Waals surface area contributed by atoms with Crippen molar-refractivity contribution >= 4 is 35.3 Å². The van der Waals surface area contributed by atoms with Crippen LogP contribution in [0.3, 0.4) is 0 Å². The van der Waals surface area contributed by atoms with E-state index in [1.165, 1.54) is 27.5 Å². The molecule has 2 fully saturated rings. The van der Waals surface area contributed by atoms with E-state index in [0.717, 1.165) is 23.5 Å². The lowest BCUT2D eigenvalue weighted by Gasteiger charge is -2.46. The van der Waals surface area contributed by atoms with Crippen LogP contribution in [0.25, 0.3) is 11.1 Å². The van der Waals surface area contributed by atoms with Gasteiger partial charge in [0.1, 0.15) is 23.1 Å². The molecule has 1 aliphatic carbocycles. The number of likely N-dealkylation sites (N-methyl/N-ethyl adjacent to an activating group) is 1. The van der Waals surface area contributed by atoms with E-state index in [4.69, 9.17) is 4.74 Å². The number of nitrogens with zero attached hydrogens (tertiary/aromatic N) is 4. The summed E-state index contributed by atoms with van der Waals surface area (Å²) in [6.07, 6.45) is 3.73. The summed E-state index contributed by atoms with van der Waals surface area (Å²) in [4.78, 5) is 61.8. The van der Waals surface area contributed by atoms with Crippen molar-refractivity contribution in [1.29, 1.82) is 0 Å². The van der Waals surface area contributed by atoms with Crippen molar-refractivity contribution in [2.24, 2.45) is 5.92 Å². The summed E-state index contributed by atoms with van der Waals surface area (Å²) >= 11 is 0. The Morgan fingerprint density at radius 2 is 1.78 bits per heavy atom. The lowest BCUT2D eigenvalue weighted by molar-refractivity contribution is -0.122. The molecule has 1 saturated heterocycles. The minimum atomic E-state index is -1.26. The summed E-state index contributed by atoms with van der Waals surface area (Å²) in [7, 11) is 1.68. The normalized spacial score (nSPS) is 18.7. The molecule has 0 unspecified atom stereocenters. The average molecular weight is 669 g/mol. The van der Waals surface area contributed by atoms with Crippen LogP contribution in [-0.2, 0) is 16.1 Å². The molecule has 49 heavy (non-hydrogen) atoms. The fourth-order valence-corrected chi connectivity index (χ4v) is 6.10. The van der Waals surface area contributed by atoms with Crippen LogP contribution in [0, 0.1) is 5.92 Å². The van der Waals surface area contributed by atoms with E-state index < -0.39 is 29.2 Å². The monoisotopic (exact) mass is 668 g/mol. The summed E-state index contributed by atoms with van der Waals surface area (Å²) in [6, 6.07) is 15.5. The third-order valence-electron chi connectivity index (χ3n) is 9.11. The number of aliphatic hydroxyl groups is 1. The molecule has 2 aliphatic heterocycles. The number of hydrogen-bond acceptors (Lipinski definition) is 8. The summed E-state index contributed by atoms with van der Waals surface area (Å²) in [5.74, 6) is 0.578. The van der Waals surface area contributed by atoms with Gasteiger partial charge in [0.15, 0.2) is 0 Å². The number of fused-ring (bicyclic) bond motifs is 1. The van der Waals surface area contributed by atoms with Gasteiger partial charge in [0.05, 0.1) is 30.9 Å². The second-order valence-electron chi connectivity index (χ2n) is 14.4. The summed E-state index contributed by atoms with van der Waals surface area (Å²) < 4.78 is 5.34. The maximum atomic E-state index is 14.0. The first-order chi connectivity index (χ1) is 23.2. The molecule has 0 spiro atoms. The van der Waals surface area contributed by atoms with Gasteiger partial charge in [0.25, 0.3) is 11.8 Å². The molecule has 0 bridgehead atoms. The van der Waals surface area contributed by atoms with E-state index in [-0.39, 0.29) is 38.0 Å². The Morgan fingerprint density at radius 3 is 2.49 bits per heavy atom. The summed E-state index contributed by atoms with van der Waals surface area (Å²) in [6.45, 7) is 8.07. The van der Waals surface area contributed by atoms with Crippen LogP contribution in [0.4, 0.5) is 16.3 Å². The molecule has 3 N–H and O–H groups in total. The highest BCUT2D eigenvalue weighted by atomic mass is 16.6. The molecular formula is C37H44N6O6. The fraction of sp³-hybridized carbons (Fsp3) is 0.432. The first kappa shape index (κ1) is 33.9. The molecular weight excluding hydrogens is 624 g/mol. The van der Waals surface area contributed by atoms with Gasteiger partial charge in [-0.2, -0.15) is 0 Å². The van der Waals surface area contributed by atoms with Crippen LogP contribution >= 0.6 is 0 Å². The molecule has 258 valence electrons. The number of aromatic nitrogens is 1.